The lowest BCUT2D eigenvalue weighted by molar-refractivity contribution is -0.139. The summed E-state index contributed by atoms with van der Waals surface area (Å²) in [7, 11) is 1.92. The van der Waals surface area contributed by atoms with Crippen LogP contribution in [0.5, 0.6) is 5.75 Å². The number of ether oxygens (including phenoxy) is 1. The van der Waals surface area contributed by atoms with Crippen LogP contribution < -0.4 is 4.74 Å². The molecule has 23 heavy (non-hydrogen) atoms. The van der Waals surface area contributed by atoms with Gasteiger partial charge in [-0.1, -0.05) is 42.5 Å². The van der Waals surface area contributed by atoms with Crippen LogP contribution in [-0.2, 0) is 17.6 Å². The van der Waals surface area contributed by atoms with Gasteiger partial charge < -0.3 is 9.64 Å². The van der Waals surface area contributed by atoms with Gasteiger partial charge in [0, 0.05) is 13.5 Å². The zero-order valence-corrected chi connectivity index (χ0v) is 13.4. The molecule has 4 rings (SSSR count). The Kier molecular flexibility index (Phi) is 3.56. The van der Waals surface area contributed by atoms with E-state index in [-0.39, 0.29) is 18.1 Å². The highest BCUT2D eigenvalue weighted by atomic mass is 16.5. The van der Waals surface area contributed by atoms with Crippen molar-refractivity contribution < 1.29 is 9.53 Å². The molecule has 2 aliphatic rings. The van der Waals surface area contributed by atoms with E-state index in [1.54, 1.807) is 0 Å². The summed E-state index contributed by atoms with van der Waals surface area (Å²) in [5, 5.41) is 0. The first-order chi connectivity index (χ1) is 11.2. The van der Waals surface area contributed by atoms with E-state index in [4.69, 9.17) is 4.74 Å². The zero-order valence-electron chi connectivity index (χ0n) is 13.4. The first-order valence-electron chi connectivity index (χ1n) is 8.33. The fraction of sp³-hybridized carbons (Fsp3) is 0.350. The number of nitrogens with zero attached hydrogens (tertiary/aromatic N) is 1. The predicted octanol–water partition coefficient (Wildman–Crippen LogP) is 3.53. The lowest BCUT2D eigenvalue weighted by atomic mass is 9.87. The molecule has 2 aromatic carbocycles. The highest BCUT2D eigenvalue weighted by Gasteiger charge is 2.35. The molecule has 0 bridgehead atoms. The number of likely N-dealkylation sites (N-methyl/N-ethyl adjacent to an activating group) is 1. The van der Waals surface area contributed by atoms with Gasteiger partial charge in [-0.05, 0) is 42.0 Å². The summed E-state index contributed by atoms with van der Waals surface area (Å²) in [5.74, 6) is 0.936. The van der Waals surface area contributed by atoms with Crippen LogP contribution in [0, 0.1) is 0 Å². The van der Waals surface area contributed by atoms with Crippen LogP contribution in [0.2, 0.25) is 0 Å². The molecule has 0 unspecified atom stereocenters. The molecule has 2 aromatic rings. The number of carbonyl (C=O) groups is 1. The molecule has 1 amide bonds. The SMILES string of the molecule is CN(C(=O)[C@H]1Cc2ccccc2O1)[C@@H]1CCCc2ccccc21. The Labute approximate surface area is 136 Å². The predicted molar refractivity (Wildman–Crippen MR) is 89.5 cm³/mol. The number of amides is 1. The zero-order chi connectivity index (χ0) is 15.8. The lowest BCUT2D eigenvalue weighted by Crippen LogP contribution is -2.42. The van der Waals surface area contributed by atoms with Gasteiger partial charge in [-0.25, -0.2) is 0 Å². The number of carbonyl (C=O) groups excluding carboxylic acids is 1. The Morgan fingerprint density at radius 3 is 2.65 bits per heavy atom. The molecule has 0 saturated heterocycles. The van der Waals surface area contributed by atoms with Crippen molar-refractivity contribution >= 4 is 5.91 Å². The van der Waals surface area contributed by atoms with Crippen LogP contribution in [0.1, 0.15) is 35.6 Å². The maximum atomic E-state index is 12.9. The van der Waals surface area contributed by atoms with E-state index < -0.39 is 0 Å². The van der Waals surface area contributed by atoms with E-state index in [0.717, 1.165) is 30.6 Å². The molecule has 3 nitrogen and oxygen atoms in total. The number of rotatable bonds is 2. The summed E-state index contributed by atoms with van der Waals surface area (Å²) < 4.78 is 5.88. The van der Waals surface area contributed by atoms with E-state index >= 15 is 0 Å². The molecule has 0 aromatic heterocycles. The van der Waals surface area contributed by atoms with E-state index in [2.05, 4.69) is 24.3 Å². The van der Waals surface area contributed by atoms with Crippen LogP contribution in [-0.4, -0.2) is 24.0 Å². The van der Waals surface area contributed by atoms with E-state index in [1.165, 1.54) is 11.1 Å². The van der Waals surface area contributed by atoms with Gasteiger partial charge in [-0.3, -0.25) is 4.79 Å². The van der Waals surface area contributed by atoms with Gasteiger partial charge in [0.15, 0.2) is 6.10 Å². The number of para-hydroxylation sites is 1. The van der Waals surface area contributed by atoms with Gasteiger partial charge in [0.05, 0.1) is 6.04 Å². The van der Waals surface area contributed by atoms with Crippen LogP contribution in [0.15, 0.2) is 48.5 Å². The topological polar surface area (TPSA) is 29.5 Å². The molecule has 0 spiro atoms. The average molecular weight is 307 g/mol. The van der Waals surface area contributed by atoms with Crippen LogP contribution in [0.25, 0.3) is 0 Å². The van der Waals surface area contributed by atoms with E-state index in [1.807, 2.05) is 36.2 Å². The average Bonchev–Trinajstić information content (AvgIpc) is 3.04. The van der Waals surface area contributed by atoms with Crippen LogP contribution >= 0.6 is 0 Å². The molecule has 1 heterocycles. The highest BCUT2D eigenvalue weighted by molar-refractivity contribution is 5.83. The summed E-state index contributed by atoms with van der Waals surface area (Å²) >= 11 is 0. The quantitative estimate of drug-likeness (QED) is 0.849. The van der Waals surface area contributed by atoms with Gasteiger partial charge >= 0.3 is 0 Å². The molecule has 0 radical (unpaired) electrons. The normalized spacial score (nSPS) is 22.0. The van der Waals surface area contributed by atoms with Crippen molar-refractivity contribution in [1.82, 2.24) is 4.90 Å². The Bertz CT molecular complexity index is 715. The first-order valence-corrected chi connectivity index (χ1v) is 8.33. The summed E-state index contributed by atoms with van der Waals surface area (Å²) in [6.07, 6.45) is 3.56. The van der Waals surface area contributed by atoms with Gasteiger partial charge in [0.2, 0.25) is 0 Å². The van der Waals surface area contributed by atoms with Crippen molar-refractivity contribution in [3.05, 3.63) is 65.2 Å². The number of aryl methyl sites for hydroxylation is 1. The fourth-order valence-electron chi connectivity index (χ4n) is 3.83. The Morgan fingerprint density at radius 1 is 1.09 bits per heavy atom. The summed E-state index contributed by atoms with van der Waals surface area (Å²) in [4.78, 5) is 14.8. The number of hydrogen-bond donors (Lipinski definition) is 0. The molecular formula is C20H21NO2. The largest absolute Gasteiger partial charge is 0.480 e. The Morgan fingerprint density at radius 2 is 1.83 bits per heavy atom. The molecule has 2 atom stereocenters. The van der Waals surface area contributed by atoms with Crippen molar-refractivity contribution in [2.24, 2.45) is 0 Å². The first kappa shape index (κ1) is 14.3. The second kappa shape index (κ2) is 5.73. The molecule has 1 aliphatic heterocycles. The van der Waals surface area contributed by atoms with E-state index in [0.29, 0.717) is 6.42 Å². The standard InChI is InChI=1S/C20H21NO2/c1-21(17-11-6-9-14-7-2-4-10-16(14)17)20(22)19-13-15-8-3-5-12-18(15)23-19/h2-5,7-8,10,12,17,19H,6,9,11,13H2,1H3/t17-,19-/m1/s1. The van der Waals surface area contributed by atoms with Crippen molar-refractivity contribution in [1.29, 1.82) is 0 Å². The van der Waals surface area contributed by atoms with Crippen LogP contribution in [0.4, 0.5) is 0 Å². The molecule has 118 valence electrons. The number of benzene rings is 2. The molecule has 0 saturated carbocycles. The highest BCUT2D eigenvalue weighted by Crippen LogP contribution is 2.35. The Balaban J connectivity index is 1.54. The second-order valence-corrected chi connectivity index (χ2v) is 6.47. The molecule has 0 N–H and O–H groups in total. The summed E-state index contributed by atoms with van der Waals surface area (Å²) in [6, 6.07) is 16.6. The molecule has 3 heteroatoms. The number of fused-ring (bicyclic) bond motifs is 2. The molecule has 0 fully saturated rings. The monoisotopic (exact) mass is 307 g/mol. The third-order valence-corrected chi connectivity index (χ3v) is 5.08. The second-order valence-electron chi connectivity index (χ2n) is 6.47. The number of hydrogen-bond acceptors (Lipinski definition) is 2. The smallest absolute Gasteiger partial charge is 0.264 e. The van der Waals surface area contributed by atoms with Crippen LogP contribution in [0.3, 0.4) is 0 Å². The minimum Gasteiger partial charge on any atom is -0.480 e. The fourth-order valence-corrected chi connectivity index (χ4v) is 3.83. The minimum absolute atomic E-state index is 0.0860. The Hall–Kier alpha value is -2.29. The summed E-state index contributed by atoms with van der Waals surface area (Å²) in [6.45, 7) is 0. The molecule has 1 aliphatic carbocycles. The maximum absolute atomic E-state index is 12.9. The van der Waals surface area contributed by atoms with Gasteiger partial charge in [0.1, 0.15) is 5.75 Å². The van der Waals surface area contributed by atoms with Crippen molar-refractivity contribution in [3.8, 4) is 5.75 Å². The minimum atomic E-state index is -0.383. The van der Waals surface area contributed by atoms with Crippen molar-refractivity contribution in [3.63, 3.8) is 0 Å². The van der Waals surface area contributed by atoms with E-state index in [9.17, 15) is 4.79 Å². The van der Waals surface area contributed by atoms with Gasteiger partial charge in [0.25, 0.3) is 5.91 Å². The van der Waals surface area contributed by atoms with Crippen molar-refractivity contribution in [2.75, 3.05) is 7.05 Å². The third-order valence-electron chi connectivity index (χ3n) is 5.08. The summed E-state index contributed by atoms with van der Waals surface area (Å²) in [5.41, 5.74) is 3.80. The van der Waals surface area contributed by atoms with Crippen molar-refractivity contribution in [2.45, 2.75) is 37.8 Å². The van der Waals surface area contributed by atoms with Gasteiger partial charge in [-0.2, -0.15) is 0 Å². The maximum Gasteiger partial charge on any atom is 0.264 e. The van der Waals surface area contributed by atoms with Gasteiger partial charge in [-0.15, -0.1) is 0 Å². The molecular weight excluding hydrogens is 286 g/mol. The lowest BCUT2D eigenvalue weighted by Gasteiger charge is -2.34. The third kappa shape index (κ3) is 2.50.